The topological polar surface area (TPSA) is 67.4 Å². The van der Waals surface area contributed by atoms with Crippen LogP contribution in [0.3, 0.4) is 0 Å². The average molecular weight is 312 g/mol. The largest absolute Gasteiger partial charge is 0.453 e. The molecule has 0 radical (unpaired) electrons. The van der Waals surface area contributed by atoms with E-state index in [0.717, 1.165) is 16.8 Å². The number of nitrogens with one attached hydrogen (secondary N) is 2. The van der Waals surface area contributed by atoms with E-state index in [2.05, 4.69) is 15.4 Å². The summed E-state index contributed by atoms with van der Waals surface area (Å²) in [4.78, 5) is 22.7. The molecule has 2 N–H and O–H groups in total. The molecule has 2 amide bonds. The van der Waals surface area contributed by atoms with E-state index in [1.54, 1.807) is 0 Å². The highest BCUT2D eigenvalue weighted by atomic mass is 16.5. The summed E-state index contributed by atoms with van der Waals surface area (Å²) in [7, 11) is 1.31. The number of alkyl carbamates (subject to hydrolysis) is 1. The SMILES string of the molecule is COC(=O)NCCCC(=O)Nc1ccc(-c2ccccc2)cc1. The smallest absolute Gasteiger partial charge is 0.406 e. The van der Waals surface area contributed by atoms with Crippen molar-refractivity contribution in [3.63, 3.8) is 0 Å². The van der Waals surface area contributed by atoms with Gasteiger partial charge in [-0.05, 0) is 29.7 Å². The Bertz CT molecular complexity index is 639. The molecule has 2 aromatic rings. The van der Waals surface area contributed by atoms with Crippen molar-refractivity contribution in [2.24, 2.45) is 0 Å². The summed E-state index contributed by atoms with van der Waals surface area (Å²) in [5.74, 6) is -0.0795. The predicted octanol–water partition coefficient (Wildman–Crippen LogP) is 3.43. The number of hydrogen-bond donors (Lipinski definition) is 2. The minimum absolute atomic E-state index is 0.0795. The predicted molar refractivity (Wildman–Crippen MR) is 90.1 cm³/mol. The van der Waals surface area contributed by atoms with Crippen LogP contribution in [0.5, 0.6) is 0 Å². The van der Waals surface area contributed by atoms with E-state index in [0.29, 0.717) is 19.4 Å². The molecule has 120 valence electrons. The molecule has 0 bridgehead atoms. The number of rotatable bonds is 6. The summed E-state index contributed by atoms with van der Waals surface area (Å²) in [6.07, 6.45) is 0.412. The fourth-order valence-electron chi connectivity index (χ4n) is 2.11. The minimum Gasteiger partial charge on any atom is -0.453 e. The maximum atomic E-state index is 11.8. The Kier molecular flexibility index (Phi) is 6.17. The Morgan fingerprint density at radius 2 is 1.61 bits per heavy atom. The molecule has 2 aromatic carbocycles. The molecule has 0 saturated carbocycles. The van der Waals surface area contributed by atoms with E-state index in [4.69, 9.17) is 0 Å². The van der Waals surface area contributed by atoms with Crippen molar-refractivity contribution in [1.29, 1.82) is 0 Å². The first-order valence-electron chi connectivity index (χ1n) is 7.46. The Balaban J connectivity index is 1.79. The molecule has 0 unspecified atom stereocenters. The summed E-state index contributed by atoms with van der Waals surface area (Å²) >= 11 is 0. The Morgan fingerprint density at radius 1 is 0.957 bits per heavy atom. The van der Waals surface area contributed by atoms with E-state index in [-0.39, 0.29) is 5.91 Å². The number of anilines is 1. The van der Waals surface area contributed by atoms with Gasteiger partial charge in [-0.3, -0.25) is 4.79 Å². The van der Waals surface area contributed by atoms with Crippen LogP contribution in [0.15, 0.2) is 54.6 Å². The number of benzene rings is 2. The molecular weight excluding hydrogens is 292 g/mol. The monoisotopic (exact) mass is 312 g/mol. The van der Waals surface area contributed by atoms with Crippen LogP contribution in [0, 0.1) is 0 Å². The van der Waals surface area contributed by atoms with Gasteiger partial charge in [0.2, 0.25) is 5.91 Å². The fourth-order valence-corrected chi connectivity index (χ4v) is 2.11. The summed E-state index contributed by atoms with van der Waals surface area (Å²) < 4.78 is 4.45. The molecule has 0 atom stereocenters. The second-order valence-corrected chi connectivity index (χ2v) is 5.01. The van der Waals surface area contributed by atoms with E-state index >= 15 is 0 Å². The summed E-state index contributed by atoms with van der Waals surface area (Å²) in [5.41, 5.74) is 3.00. The molecule has 2 rings (SSSR count). The van der Waals surface area contributed by atoms with Crippen molar-refractivity contribution in [2.75, 3.05) is 19.0 Å². The zero-order chi connectivity index (χ0) is 16.5. The lowest BCUT2D eigenvalue weighted by atomic mass is 10.1. The summed E-state index contributed by atoms with van der Waals surface area (Å²) in [5, 5.41) is 5.38. The number of amides is 2. The zero-order valence-corrected chi connectivity index (χ0v) is 13.0. The standard InChI is InChI=1S/C18H20N2O3/c1-23-18(22)19-13-5-8-17(21)20-16-11-9-15(10-12-16)14-6-3-2-4-7-14/h2-4,6-7,9-12H,5,8,13H2,1H3,(H,19,22)(H,20,21). The Morgan fingerprint density at radius 3 is 2.26 bits per heavy atom. The average Bonchev–Trinajstić information content (AvgIpc) is 2.60. The third-order valence-electron chi connectivity index (χ3n) is 3.31. The van der Waals surface area contributed by atoms with Gasteiger partial charge in [0.25, 0.3) is 0 Å². The molecule has 23 heavy (non-hydrogen) atoms. The first-order chi connectivity index (χ1) is 11.2. The highest BCUT2D eigenvalue weighted by molar-refractivity contribution is 5.91. The van der Waals surface area contributed by atoms with Crippen LogP contribution in [-0.4, -0.2) is 25.7 Å². The van der Waals surface area contributed by atoms with Crippen LogP contribution in [0.4, 0.5) is 10.5 Å². The van der Waals surface area contributed by atoms with Crippen LogP contribution in [0.2, 0.25) is 0 Å². The highest BCUT2D eigenvalue weighted by Crippen LogP contribution is 2.21. The maximum Gasteiger partial charge on any atom is 0.406 e. The number of hydrogen-bond acceptors (Lipinski definition) is 3. The van der Waals surface area contributed by atoms with Crippen molar-refractivity contribution in [1.82, 2.24) is 5.32 Å². The summed E-state index contributed by atoms with van der Waals surface area (Å²) in [6.45, 7) is 0.410. The molecular formula is C18H20N2O3. The van der Waals surface area contributed by atoms with Gasteiger partial charge in [0, 0.05) is 18.7 Å². The van der Waals surface area contributed by atoms with Crippen molar-refractivity contribution < 1.29 is 14.3 Å². The van der Waals surface area contributed by atoms with Gasteiger partial charge in [-0.2, -0.15) is 0 Å². The normalized spacial score (nSPS) is 9.96. The fraction of sp³-hybridized carbons (Fsp3) is 0.222. The van der Waals surface area contributed by atoms with Gasteiger partial charge in [0.1, 0.15) is 0 Å². The Labute approximate surface area is 135 Å². The molecule has 0 fully saturated rings. The number of ether oxygens (including phenoxy) is 1. The van der Waals surface area contributed by atoms with Gasteiger partial charge < -0.3 is 15.4 Å². The lowest BCUT2D eigenvalue weighted by Crippen LogP contribution is -2.25. The zero-order valence-electron chi connectivity index (χ0n) is 13.0. The van der Waals surface area contributed by atoms with Crippen LogP contribution in [-0.2, 0) is 9.53 Å². The van der Waals surface area contributed by atoms with Crippen LogP contribution >= 0.6 is 0 Å². The Hall–Kier alpha value is -2.82. The van der Waals surface area contributed by atoms with Crippen molar-refractivity contribution in [3.05, 3.63) is 54.6 Å². The molecule has 0 aliphatic carbocycles. The molecule has 5 heteroatoms. The molecule has 0 aliphatic heterocycles. The third-order valence-corrected chi connectivity index (χ3v) is 3.31. The van der Waals surface area contributed by atoms with E-state index < -0.39 is 6.09 Å². The molecule has 5 nitrogen and oxygen atoms in total. The number of methoxy groups -OCH3 is 1. The molecule has 0 spiro atoms. The first-order valence-corrected chi connectivity index (χ1v) is 7.46. The number of carbonyl (C=O) groups excluding carboxylic acids is 2. The summed E-state index contributed by atoms with van der Waals surface area (Å²) in [6, 6.07) is 17.8. The molecule has 0 aliphatic rings. The quantitative estimate of drug-likeness (QED) is 0.803. The second kappa shape index (κ2) is 8.58. The van der Waals surface area contributed by atoms with Gasteiger partial charge in [-0.1, -0.05) is 42.5 Å². The van der Waals surface area contributed by atoms with Gasteiger partial charge in [-0.25, -0.2) is 4.79 Å². The van der Waals surface area contributed by atoms with Gasteiger partial charge >= 0.3 is 6.09 Å². The van der Waals surface area contributed by atoms with E-state index in [1.807, 2.05) is 54.6 Å². The first kappa shape index (κ1) is 16.5. The van der Waals surface area contributed by atoms with Crippen molar-refractivity contribution in [3.8, 4) is 11.1 Å². The van der Waals surface area contributed by atoms with Crippen LogP contribution < -0.4 is 10.6 Å². The maximum absolute atomic E-state index is 11.8. The van der Waals surface area contributed by atoms with Crippen LogP contribution in [0.25, 0.3) is 11.1 Å². The van der Waals surface area contributed by atoms with Gasteiger partial charge in [-0.15, -0.1) is 0 Å². The van der Waals surface area contributed by atoms with E-state index in [1.165, 1.54) is 7.11 Å². The van der Waals surface area contributed by atoms with Crippen molar-refractivity contribution in [2.45, 2.75) is 12.8 Å². The number of carbonyl (C=O) groups is 2. The lowest BCUT2D eigenvalue weighted by molar-refractivity contribution is -0.116. The lowest BCUT2D eigenvalue weighted by Gasteiger charge is -2.07. The third kappa shape index (κ3) is 5.47. The van der Waals surface area contributed by atoms with E-state index in [9.17, 15) is 9.59 Å². The van der Waals surface area contributed by atoms with Gasteiger partial charge in [0.05, 0.1) is 7.11 Å². The molecule has 0 saturated heterocycles. The second-order valence-electron chi connectivity index (χ2n) is 5.01. The van der Waals surface area contributed by atoms with Crippen molar-refractivity contribution >= 4 is 17.7 Å². The molecule has 0 heterocycles. The highest BCUT2D eigenvalue weighted by Gasteiger charge is 2.04. The molecule has 0 aromatic heterocycles. The van der Waals surface area contributed by atoms with Gasteiger partial charge in [0.15, 0.2) is 0 Å². The van der Waals surface area contributed by atoms with Crippen LogP contribution in [0.1, 0.15) is 12.8 Å². The minimum atomic E-state index is -0.484.